The molecule has 0 bridgehead atoms. The highest BCUT2D eigenvalue weighted by molar-refractivity contribution is 4.78. The fourth-order valence-corrected chi connectivity index (χ4v) is 1.61. The van der Waals surface area contributed by atoms with Gasteiger partial charge in [-0.25, -0.2) is 0 Å². The van der Waals surface area contributed by atoms with Gasteiger partial charge >= 0.3 is 0 Å². The van der Waals surface area contributed by atoms with Gasteiger partial charge in [-0.2, -0.15) is 0 Å². The number of rotatable bonds is 5. The monoisotopic (exact) mass is 172 g/mol. The summed E-state index contributed by atoms with van der Waals surface area (Å²) in [6.45, 7) is 11.4. The van der Waals surface area contributed by atoms with E-state index in [2.05, 4.69) is 34.6 Å². The van der Waals surface area contributed by atoms with Crippen molar-refractivity contribution in [2.45, 2.75) is 47.5 Å². The Hall–Kier alpha value is -0.0400. The molecular weight excluding hydrogens is 148 g/mol. The molecule has 1 heteroatoms. The van der Waals surface area contributed by atoms with Crippen molar-refractivity contribution in [3.8, 4) is 0 Å². The molecule has 0 aliphatic heterocycles. The average Bonchev–Trinajstić information content (AvgIpc) is 2.02. The number of hydrogen-bond acceptors (Lipinski definition) is 1. The van der Waals surface area contributed by atoms with Crippen LogP contribution in [0.3, 0.4) is 0 Å². The van der Waals surface area contributed by atoms with Gasteiger partial charge in [-0.3, -0.25) is 0 Å². The maximum Gasteiger partial charge on any atom is 0.0487 e. The number of aliphatic hydroxyl groups is 1. The molecular formula is C11H24O. The molecule has 0 aliphatic carbocycles. The molecule has 0 spiro atoms. The smallest absolute Gasteiger partial charge is 0.0487 e. The lowest BCUT2D eigenvalue weighted by molar-refractivity contribution is 0.0715. The van der Waals surface area contributed by atoms with Crippen LogP contribution in [0.2, 0.25) is 0 Å². The molecule has 0 saturated heterocycles. The summed E-state index contributed by atoms with van der Waals surface area (Å²) in [4.78, 5) is 0. The minimum atomic E-state index is 0.129. The predicted molar refractivity (Wildman–Crippen MR) is 54.1 cm³/mol. The van der Waals surface area contributed by atoms with Crippen molar-refractivity contribution in [3.63, 3.8) is 0 Å². The van der Waals surface area contributed by atoms with Crippen LogP contribution in [0.15, 0.2) is 0 Å². The summed E-state index contributed by atoms with van der Waals surface area (Å²) in [6.07, 6.45) is 2.28. The van der Waals surface area contributed by atoms with Crippen LogP contribution in [-0.2, 0) is 0 Å². The molecule has 0 rings (SSSR count). The van der Waals surface area contributed by atoms with E-state index in [1.54, 1.807) is 0 Å². The molecule has 1 N–H and O–H groups in total. The van der Waals surface area contributed by atoms with Gasteiger partial charge in [0.05, 0.1) is 0 Å². The highest BCUT2D eigenvalue weighted by atomic mass is 16.3. The summed E-state index contributed by atoms with van der Waals surface area (Å²) in [5, 5.41) is 9.27. The van der Waals surface area contributed by atoms with Crippen molar-refractivity contribution in [2.24, 2.45) is 17.3 Å². The van der Waals surface area contributed by atoms with Crippen molar-refractivity contribution in [3.05, 3.63) is 0 Å². The Balaban J connectivity index is 4.11. The second kappa shape index (κ2) is 4.86. The van der Waals surface area contributed by atoms with Crippen molar-refractivity contribution < 1.29 is 5.11 Å². The standard InChI is InChI=1S/C11H24O/c1-6-11(5,8-12)10(4)7-9(2)3/h9-10,12H,6-8H2,1-5H3. The summed E-state index contributed by atoms with van der Waals surface area (Å²) in [5.41, 5.74) is 0.129. The fourth-order valence-electron chi connectivity index (χ4n) is 1.61. The molecule has 2 atom stereocenters. The molecule has 0 heterocycles. The molecule has 12 heavy (non-hydrogen) atoms. The van der Waals surface area contributed by atoms with Gasteiger partial charge in [-0.15, -0.1) is 0 Å². The third-order valence-corrected chi connectivity index (χ3v) is 3.18. The van der Waals surface area contributed by atoms with Gasteiger partial charge in [0.1, 0.15) is 0 Å². The highest BCUT2D eigenvalue weighted by Gasteiger charge is 2.28. The second-order valence-electron chi connectivity index (χ2n) is 4.70. The van der Waals surface area contributed by atoms with E-state index in [9.17, 15) is 5.11 Å². The number of aliphatic hydroxyl groups excluding tert-OH is 1. The summed E-state index contributed by atoms with van der Waals surface area (Å²) >= 11 is 0. The Morgan fingerprint density at radius 2 is 1.75 bits per heavy atom. The Morgan fingerprint density at radius 1 is 1.25 bits per heavy atom. The first kappa shape index (κ1) is 12.0. The van der Waals surface area contributed by atoms with E-state index in [0.29, 0.717) is 12.5 Å². The van der Waals surface area contributed by atoms with Crippen LogP contribution in [-0.4, -0.2) is 11.7 Å². The fraction of sp³-hybridized carbons (Fsp3) is 1.00. The van der Waals surface area contributed by atoms with Crippen molar-refractivity contribution in [2.75, 3.05) is 6.61 Å². The summed E-state index contributed by atoms with van der Waals surface area (Å²) < 4.78 is 0. The SMILES string of the molecule is CCC(C)(CO)C(C)CC(C)C. The van der Waals surface area contributed by atoms with E-state index >= 15 is 0 Å². The Labute approximate surface area is 77.2 Å². The van der Waals surface area contributed by atoms with Crippen LogP contribution >= 0.6 is 0 Å². The third-order valence-electron chi connectivity index (χ3n) is 3.18. The highest BCUT2D eigenvalue weighted by Crippen LogP contribution is 2.34. The zero-order valence-corrected chi connectivity index (χ0v) is 9.22. The van der Waals surface area contributed by atoms with Crippen LogP contribution in [0.5, 0.6) is 0 Å². The molecule has 0 aliphatic rings. The third kappa shape index (κ3) is 3.14. The lowest BCUT2D eigenvalue weighted by Crippen LogP contribution is -2.29. The molecule has 2 unspecified atom stereocenters. The summed E-state index contributed by atoms with van der Waals surface area (Å²) in [5.74, 6) is 1.35. The number of hydrogen-bond donors (Lipinski definition) is 1. The van der Waals surface area contributed by atoms with Gasteiger partial charge < -0.3 is 5.11 Å². The largest absolute Gasteiger partial charge is 0.396 e. The molecule has 0 aromatic heterocycles. The molecule has 0 aromatic carbocycles. The lowest BCUT2D eigenvalue weighted by Gasteiger charge is -2.34. The molecule has 0 saturated carbocycles. The lowest BCUT2D eigenvalue weighted by atomic mass is 9.73. The molecule has 0 fully saturated rings. The Kier molecular flexibility index (Phi) is 4.84. The van der Waals surface area contributed by atoms with Gasteiger partial charge in [0.25, 0.3) is 0 Å². The van der Waals surface area contributed by atoms with Crippen molar-refractivity contribution >= 4 is 0 Å². The Bertz CT molecular complexity index is 114. The van der Waals surface area contributed by atoms with E-state index in [0.717, 1.165) is 12.3 Å². The van der Waals surface area contributed by atoms with Crippen molar-refractivity contribution in [1.29, 1.82) is 0 Å². The summed E-state index contributed by atoms with van der Waals surface area (Å²) in [7, 11) is 0. The van der Waals surface area contributed by atoms with E-state index in [1.165, 1.54) is 6.42 Å². The van der Waals surface area contributed by atoms with Crippen molar-refractivity contribution in [1.82, 2.24) is 0 Å². The summed E-state index contributed by atoms with van der Waals surface area (Å²) in [6, 6.07) is 0. The van der Waals surface area contributed by atoms with E-state index in [-0.39, 0.29) is 5.41 Å². The van der Waals surface area contributed by atoms with E-state index in [1.807, 2.05) is 0 Å². The second-order valence-corrected chi connectivity index (χ2v) is 4.70. The first-order valence-corrected chi connectivity index (χ1v) is 5.07. The van der Waals surface area contributed by atoms with Gasteiger partial charge in [0, 0.05) is 6.61 Å². The maximum absolute atomic E-state index is 9.27. The minimum Gasteiger partial charge on any atom is -0.396 e. The normalized spacial score (nSPS) is 19.2. The van der Waals surface area contributed by atoms with Gasteiger partial charge in [-0.1, -0.05) is 34.6 Å². The van der Waals surface area contributed by atoms with E-state index < -0.39 is 0 Å². The minimum absolute atomic E-state index is 0.129. The first-order chi connectivity index (χ1) is 5.46. The van der Waals surface area contributed by atoms with Gasteiger partial charge in [-0.05, 0) is 30.1 Å². The predicted octanol–water partition coefficient (Wildman–Crippen LogP) is 3.08. The van der Waals surface area contributed by atoms with Gasteiger partial charge in [0.15, 0.2) is 0 Å². The molecule has 0 amide bonds. The average molecular weight is 172 g/mol. The van der Waals surface area contributed by atoms with Crippen LogP contribution in [0.4, 0.5) is 0 Å². The zero-order valence-electron chi connectivity index (χ0n) is 9.22. The Morgan fingerprint density at radius 3 is 2.00 bits per heavy atom. The molecule has 74 valence electrons. The molecule has 0 radical (unpaired) electrons. The maximum atomic E-state index is 9.27. The molecule has 1 nitrogen and oxygen atoms in total. The molecule has 0 aromatic rings. The van der Waals surface area contributed by atoms with Crippen LogP contribution in [0, 0.1) is 17.3 Å². The first-order valence-electron chi connectivity index (χ1n) is 5.07. The van der Waals surface area contributed by atoms with Crippen LogP contribution < -0.4 is 0 Å². The van der Waals surface area contributed by atoms with Crippen LogP contribution in [0.1, 0.15) is 47.5 Å². The zero-order chi connectivity index (χ0) is 9.78. The van der Waals surface area contributed by atoms with Gasteiger partial charge in [0.2, 0.25) is 0 Å². The van der Waals surface area contributed by atoms with E-state index in [4.69, 9.17) is 0 Å². The van der Waals surface area contributed by atoms with Crippen LogP contribution in [0.25, 0.3) is 0 Å². The topological polar surface area (TPSA) is 20.2 Å². The quantitative estimate of drug-likeness (QED) is 0.675.